The minimum absolute atomic E-state index is 0.0688. The second-order valence-electron chi connectivity index (χ2n) is 7.48. The summed E-state index contributed by atoms with van der Waals surface area (Å²) >= 11 is 0. The Bertz CT molecular complexity index is 1410. The third-order valence-electron chi connectivity index (χ3n) is 5.25. The minimum atomic E-state index is -0.683. The van der Waals surface area contributed by atoms with E-state index in [2.05, 4.69) is 15.3 Å². The molecule has 10 nitrogen and oxygen atoms in total. The number of fused-ring (bicyclic) bond motifs is 2. The van der Waals surface area contributed by atoms with Crippen LogP contribution in [0.4, 0.5) is 0 Å². The summed E-state index contributed by atoms with van der Waals surface area (Å²) in [5.41, 5.74) is 0.670. The third kappa shape index (κ3) is 4.18. The Kier molecular flexibility index (Phi) is 5.31. The number of hydrogen-bond acceptors (Lipinski definition) is 7. The Labute approximate surface area is 187 Å². The van der Waals surface area contributed by atoms with Crippen molar-refractivity contribution >= 4 is 5.91 Å². The van der Waals surface area contributed by atoms with E-state index in [1.54, 1.807) is 48.9 Å². The van der Waals surface area contributed by atoms with Crippen molar-refractivity contribution in [1.29, 1.82) is 0 Å². The molecular weight excluding hydrogens is 426 g/mol. The summed E-state index contributed by atoms with van der Waals surface area (Å²) in [5, 5.41) is 2.82. The summed E-state index contributed by atoms with van der Waals surface area (Å²) in [6.07, 6.45) is 4.81. The molecule has 1 aromatic carbocycles. The molecule has 1 N–H and O–H groups in total. The van der Waals surface area contributed by atoms with Crippen LogP contribution in [0.5, 0.6) is 11.5 Å². The summed E-state index contributed by atoms with van der Waals surface area (Å²) in [6, 6.07) is 12.2. The molecule has 0 bridgehead atoms. The second-order valence-corrected chi connectivity index (χ2v) is 7.48. The number of ether oxygens (including phenoxy) is 2. The highest BCUT2D eigenvalue weighted by Crippen LogP contribution is 2.32. The normalized spacial score (nSPS) is 12.1. The number of aromatic nitrogens is 4. The average Bonchev–Trinajstić information content (AvgIpc) is 3.30. The Morgan fingerprint density at radius 2 is 1.94 bits per heavy atom. The van der Waals surface area contributed by atoms with Gasteiger partial charge in [-0.15, -0.1) is 0 Å². The largest absolute Gasteiger partial charge is 0.454 e. The Balaban J connectivity index is 1.34. The summed E-state index contributed by atoms with van der Waals surface area (Å²) < 4.78 is 13.2. The van der Waals surface area contributed by atoms with Gasteiger partial charge in [0.25, 0.3) is 5.56 Å². The van der Waals surface area contributed by atoms with E-state index in [1.807, 2.05) is 12.1 Å². The zero-order chi connectivity index (χ0) is 22.8. The molecule has 3 aliphatic heterocycles. The molecule has 0 unspecified atom stereocenters. The molecule has 0 atom stereocenters. The molecule has 3 aliphatic rings. The van der Waals surface area contributed by atoms with Gasteiger partial charge in [0.1, 0.15) is 6.54 Å². The van der Waals surface area contributed by atoms with Crippen LogP contribution in [0.3, 0.4) is 0 Å². The third-order valence-corrected chi connectivity index (χ3v) is 5.25. The highest BCUT2D eigenvalue weighted by molar-refractivity contribution is 5.76. The number of pyridine rings is 2. The van der Waals surface area contributed by atoms with Crippen molar-refractivity contribution in [1.82, 2.24) is 24.4 Å². The molecular formula is C23H19N5O5. The van der Waals surface area contributed by atoms with E-state index in [0.29, 0.717) is 23.6 Å². The first kappa shape index (κ1) is 20.4. The number of nitrogens with one attached hydrogen (secondary N) is 1. The maximum Gasteiger partial charge on any atom is 0.352 e. The maximum atomic E-state index is 13.0. The van der Waals surface area contributed by atoms with Crippen LogP contribution in [0.15, 0.2) is 70.6 Å². The number of carbonyl (C=O) groups excluding carboxylic acids is 1. The topological polar surface area (TPSA) is 117 Å². The molecule has 4 heterocycles. The van der Waals surface area contributed by atoms with Crippen LogP contribution >= 0.6 is 0 Å². The van der Waals surface area contributed by atoms with Crippen molar-refractivity contribution in [2.45, 2.75) is 19.6 Å². The molecule has 0 spiro atoms. The first-order valence-electron chi connectivity index (χ1n) is 10.2. The number of benzene rings is 1. The fraction of sp³-hybridized carbons (Fsp3) is 0.174. The molecule has 1 aromatic heterocycles. The molecule has 0 aliphatic carbocycles. The van der Waals surface area contributed by atoms with Gasteiger partial charge in [-0.3, -0.25) is 19.1 Å². The van der Waals surface area contributed by atoms with Crippen molar-refractivity contribution in [3.8, 4) is 22.9 Å². The standard InChI is InChI=1S/C23H19N5O5/c29-20(25-11-15-5-6-18-19(9-15)33-14-32-18)13-27-8-2-4-17-21(27)26-23(31)28(22(17)30)12-16-3-1-7-24-10-16/h1-10H,11-14H2,(H,25,29). The lowest BCUT2D eigenvalue weighted by atomic mass is 10.2. The minimum Gasteiger partial charge on any atom is -0.454 e. The van der Waals surface area contributed by atoms with Crippen molar-refractivity contribution in [2.75, 3.05) is 6.79 Å². The van der Waals surface area contributed by atoms with Gasteiger partial charge in [-0.25, -0.2) is 4.79 Å². The quantitative estimate of drug-likeness (QED) is 0.470. The van der Waals surface area contributed by atoms with E-state index >= 15 is 0 Å². The van der Waals surface area contributed by atoms with Gasteiger partial charge in [0.2, 0.25) is 12.7 Å². The van der Waals surface area contributed by atoms with Crippen LogP contribution in [0.2, 0.25) is 0 Å². The van der Waals surface area contributed by atoms with Crippen LogP contribution in [0.25, 0.3) is 11.4 Å². The highest BCUT2D eigenvalue weighted by atomic mass is 16.7. The SMILES string of the molecule is O=C(Cn1cccc2c(=O)n(Cc3cccnc3)c(=O)nc1-2)NCc1ccc2c(c1)OCO2. The lowest BCUT2D eigenvalue weighted by molar-refractivity contribution is -0.121. The van der Waals surface area contributed by atoms with Gasteiger partial charge in [-0.2, -0.15) is 4.98 Å². The average molecular weight is 445 g/mol. The second kappa shape index (κ2) is 8.58. The fourth-order valence-corrected chi connectivity index (χ4v) is 3.62. The van der Waals surface area contributed by atoms with Crippen molar-refractivity contribution in [2.24, 2.45) is 0 Å². The first-order valence-corrected chi connectivity index (χ1v) is 10.2. The predicted octanol–water partition coefficient (Wildman–Crippen LogP) is 0.998. The van der Waals surface area contributed by atoms with Gasteiger partial charge in [0, 0.05) is 25.1 Å². The summed E-state index contributed by atoms with van der Waals surface area (Å²) in [7, 11) is 0. The molecule has 0 saturated carbocycles. The predicted molar refractivity (Wildman–Crippen MR) is 117 cm³/mol. The smallest absolute Gasteiger partial charge is 0.352 e. The number of rotatable bonds is 6. The van der Waals surface area contributed by atoms with Crippen molar-refractivity contribution in [3.63, 3.8) is 0 Å². The summed E-state index contributed by atoms with van der Waals surface area (Å²) in [5.74, 6) is 1.18. The van der Waals surface area contributed by atoms with Gasteiger partial charge >= 0.3 is 5.69 Å². The number of hydrogen-bond donors (Lipinski definition) is 1. The van der Waals surface area contributed by atoms with Gasteiger partial charge < -0.3 is 19.4 Å². The molecule has 166 valence electrons. The lowest BCUT2D eigenvalue weighted by Crippen LogP contribution is -2.39. The van der Waals surface area contributed by atoms with Crippen LogP contribution in [0, 0.1) is 0 Å². The molecule has 1 amide bonds. The molecule has 33 heavy (non-hydrogen) atoms. The van der Waals surface area contributed by atoms with Crippen LogP contribution in [0.1, 0.15) is 11.1 Å². The van der Waals surface area contributed by atoms with Gasteiger partial charge in [0.15, 0.2) is 17.3 Å². The Morgan fingerprint density at radius 1 is 1.06 bits per heavy atom. The zero-order valence-corrected chi connectivity index (χ0v) is 17.4. The molecule has 0 fully saturated rings. The monoisotopic (exact) mass is 445 g/mol. The number of amides is 1. The number of carbonyl (C=O) groups is 1. The van der Waals surface area contributed by atoms with E-state index in [4.69, 9.17) is 9.47 Å². The zero-order valence-electron chi connectivity index (χ0n) is 17.4. The van der Waals surface area contributed by atoms with Crippen LogP contribution in [-0.2, 0) is 24.4 Å². The molecule has 2 aromatic rings. The van der Waals surface area contributed by atoms with Gasteiger partial charge in [0.05, 0.1) is 12.1 Å². The summed E-state index contributed by atoms with van der Waals surface area (Å²) in [6.45, 7) is 0.445. The van der Waals surface area contributed by atoms with E-state index in [-0.39, 0.29) is 37.2 Å². The maximum absolute atomic E-state index is 13.0. The van der Waals surface area contributed by atoms with Crippen molar-refractivity contribution < 1.29 is 14.3 Å². The van der Waals surface area contributed by atoms with Crippen LogP contribution in [-0.4, -0.2) is 31.8 Å². The summed E-state index contributed by atoms with van der Waals surface area (Å²) in [4.78, 5) is 46.2. The van der Waals surface area contributed by atoms with E-state index < -0.39 is 11.2 Å². The molecule has 5 rings (SSSR count). The fourth-order valence-electron chi connectivity index (χ4n) is 3.62. The van der Waals surface area contributed by atoms with Crippen molar-refractivity contribution in [3.05, 3.63) is 93.0 Å². The first-order chi connectivity index (χ1) is 16.1. The van der Waals surface area contributed by atoms with Gasteiger partial charge in [-0.1, -0.05) is 12.1 Å². The lowest BCUT2D eigenvalue weighted by Gasteiger charge is -2.15. The Hall–Kier alpha value is -4.47. The highest BCUT2D eigenvalue weighted by Gasteiger charge is 2.19. The molecule has 10 heteroatoms. The van der Waals surface area contributed by atoms with E-state index in [1.165, 1.54) is 4.57 Å². The number of nitrogens with zero attached hydrogens (tertiary/aromatic N) is 4. The van der Waals surface area contributed by atoms with Gasteiger partial charge in [-0.05, 0) is 41.5 Å². The molecule has 0 radical (unpaired) electrons. The van der Waals surface area contributed by atoms with Crippen LogP contribution < -0.4 is 26.0 Å². The molecule has 0 saturated heterocycles. The van der Waals surface area contributed by atoms with E-state index in [9.17, 15) is 14.4 Å². The Morgan fingerprint density at radius 3 is 2.79 bits per heavy atom. The van der Waals surface area contributed by atoms with E-state index in [0.717, 1.165) is 10.1 Å².